The molecule has 1 saturated heterocycles. The number of nitrogens with one attached hydrogen (secondary N) is 3. The third kappa shape index (κ3) is 8.84. The van der Waals surface area contributed by atoms with E-state index < -0.39 is 75.6 Å². The second-order valence-electron chi connectivity index (χ2n) is 11.4. The number of sulfonamides is 1. The molecule has 1 heterocycles. The van der Waals surface area contributed by atoms with Crippen molar-refractivity contribution in [1.82, 2.24) is 20.3 Å². The number of ketones is 1. The fourth-order valence-electron chi connectivity index (χ4n) is 4.81. The number of hydrogen-bond acceptors (Lipinski definition) is 7. The van der Waals surface area contributed by atoms with E-state index in [0.29, 0.717) is 11.4 Å². The number of nitrogens with zero attached hydrogens (tertiary/aromatic N) is 1. The van der Waals surface area contributed by atoms with E-state index in [9.17, 15) is 45.6 Å². The third-order valence-corrected chi connectivity index (χ3v) is 8.94. The van der Waals surface area contributed by atoms with Crippen molar-refractivity contribution in [1.29, 1.82) is 0 Å². The van der Waals surface area contributed by atoms with Crippen molar-refractivity contribution in [2.45, 2.75) is 69.7 Å². The van der Waals surface area contributed by atoms with Gasteiger partial charge in [-0.3, -0.25) is 24.0 Å². The molecule has 0 saturated carbocycles. The molecule has 0 unspecified atom stereocenters. The minimum atomic E-state index is -5.16. The van der Waals surface area contributed by atoms with Crippen molar-refractivity contribution >= 4 is 51.0 Å². The van der Waals surface area contributed by atoms with E-state index in [0.717, 1.165) is 0 Å². The average Bonchev–Trinajstić information content (AvgIpc) is 3.47. The topological polar surface area (TPSA) is 159 Å². The second-order valence-corrected chi connectivity index (χ2v) is 13.6. The lowest BCUT2D eigenvalue weighted by molar-refractivity contribution is -0.175. The number of Topliss-reactive ketones (excluding diaryl/α,β-unsaturated/α-hetero) is 1. The Morgan fingerprint density at radius 1 is 0.826 bits per heavy atom. The van der Waals surface area contributed by atoms with E-state index in [1.165, 1.54) is 67.3 Å². The number of carbonyl (C=O) groups is 5. The summed E-state index contributed by atoms with van der Waals surface area (Å²) < 4.78 is 66.3. The minimum absolute atomic E-state index is 0.0386. The Balaban J connectivity index is 1.70. The lowest BCUT2D eigenvalue weighted by atomic mass is 9.98. The minimum Gasteiger partial charge on any atom is -0.344 e. The summed E-state index contributed by atoms with van der Waals surface area (Å²) >= 11 is 5.78. The number of hydrogen-bond donors (Lipinski definition) is 3. The highest BCUT2D eigenvalue weighted by Crippen LogP contribution is 2.24. The fourth-order valence-corrected chi connectivity index (χ4v) is 5.91. The van der Waals surface area contributed by atoms with Crippen molar-refractivity contribution < 1.29 is 45.6 Å². The van der Waals surface area contributed by atoms with Crippen LogP contribution < -0.4 is 15.4 Å². The standard InChI is InChI=1S/C30H34ClF3N4O7S/c1-16(2)23(25(39)30(32,33)34)35-28(42)22-6-5-15-38(22)29(43)24(17(3)4)36-26(40)18-7-9-19(10-8-18)27(41)37-46(44,45)21-13-11-20(31)12-14-21/h7-14,16-17,22-24H,5-6,15H2,1-4H3,(H,35,42)(H,36,40)(H,37,41)/t22-,23+,24-/m0/s1. The van der Waals surface area contributed by atoms with E-state index in [1.54, 1.807) is 13.8 Å². The number of alkyl halides is 3. The molecule has 1 aliphatic heterocycles. The zero-order valence-electron chi connectivity index (χ0n) is 25.4. The normalized spacial score (nSPS) is 16.6. The van der Waals surface area contributed by atoms with Gasteiger partial charge in [-0.05, 0) is 73.2 Å². The molecule has 3 rings (SSSR count). The summed E-state index contributed by atoms with van der Waals surface area (Å²) in [5.41, 5.74) is -0.0306. The van der Waals surface area contributed by atoms with Crippen LogP contribution in [0, 0.1) is 11.8 Å². The van der Waals surface area contributed by atoms with Crippen LogP contribution in [0.15, 0.2) is 53.4 Å². The molecule has 2 aromatic rings. The number of halogens is 4. The van der Waals surface area contributed by atoms with Crippen molar-refractivity contribution in [3.8, 4) is 0 Å². The van der Waals surface area contributed by atoms with Crippen molar-refractivity contribution in [2.24, 2.45) is 11.8 Å². The summed E-state index contributed by atoms with van der Waals surface area (Å²) in [6, 6.07) is 6.03. The molecule has 1 aliphatic rings. The van der Waals surface area contributed by atoms with Crippen LogP contribution in [0.3, 0.4) is 0 Å². The molecular formula is C30H34ClF3N4O7S. The number of carbonyl (C=O) groups excluding carboxylic acids is 5. The molecule has 3 atom stereocenters. The SMILES string of the molecule is CC(C)[C@H](NC(=O)c1ccc(C(=O)NS(=O)(=O)c2ccc(Cl)cc2)cc1)C(=O)N1CCC[C@H]1C(=O)N[C@@H](C(=O)C(F)(F)F)C(C)C. The molecule has 46 heavy (non-hydrogen) atoms. The lowest BCUT2D eigenvalue weighted by Gasteiger charge is -2.32. The van der Waals surface area contributed by atoms with Gasteiger partial charge in [0.1, 0.15) is 12.1 Å². The van der Waals surface area contributed by atoms with Crippen LogP contribution >= 0.6 is 11.6 Å². The Kier molecular flexibility index (Phi) is 11.6. The van der Waals surface area contributed by atoms with Crippen LogP contribution in [0.25, 0.3) is 0 Å². The third-order valence-electron chi connectivity index (χ3n) is 7.34. The van der Waals surface area contributed by atoms with Crippen molar-refractivity contribution in [3.05, 3.63) is 64.7 Å². The van der Waals surface area contributed by atoms with Gasteiger partial charge in [-0.25, -0.2) is 13.1 Å². The predicted molar refractivity (Wildman–Crippen MR) is 161 cm³/mol. The number of rotatable bonds is 11. The molecule has 11 nitrogen and oxygen atoms in total. The van der Waals surface area contributed by atoms with Gasteiger partial charge in [0.05, 0.1) is 10.9 Å². The molecule has 0 aliphatic carbocycles. The van der Waals surface area contributed by atoms with Crippen LogP contribution in [0.4, 0.5) is 13.2 Å². The van der Waals surface area contributed by atoms with Crippen LogP contribution in [0.1, 0.15) is 61.3 Å². The summed E-state index contributed by atoms with van der Waals surface area (Å²) in [5.74, 6) is -6.62. The van der Waals surface area contributed by atoms with Crippen LogP contribution in [-0.2, 0) is 24.4 Å². The van der Waals surface area contributed by atoms with Gasteiger partial charge in [0, 0.05) is 22.7 Å². The molecule has 0 aromatic heterocycles. The summed E-state index contributed by atoms with van der Waals surface area (Å²) in [7, 11) is -4.20. The van der Waals surface area contributed by atoms with Gasteiger partial charge in [0.2, 0.25) is 11.8 Å². The first-order chi connectivity index (χ1) is 21.3. The lowest BCUT2D eigenvalue weighted by Crippen LogP contribution is -2.58. The summed E-state index contributed by atoms with van der Waals surface area (Å²) in [5, 5.41) is 5.07. The van der Waals surface area contributed by atoms with Gasteiger partial charge in [-0.2, -0.15) is 13.2 Å². The average molecular weight is 687 g/mol. The highest BCUT2D eigenvalue weighted by Gasteiger charge is 2.46. The monoisotopic (exact) mass is 686 g/mol. The Labute approximate surface area is 269 Å². The quantitative estimate of drug-likeness (QED) is 0.327. The highest BCUT2D eigenvalue weighted by molar-refractivity contribution is 7.90. The molecule has 3 N–H and O–H groups in total. The van der Waals surface area contributed by atoms with Crippen molar-refractivity contribution in [3.63, 3.8) is 0 Å². The molecule has 0 bridgehead atoms. The zero-order chi connectivity index (χ0) is 34.6. The smallest absolute Gasteiger partial charge is 0.344 e. The Hall–Kier alpha value is -3.98. The van der Waals surface area contributed by atoms with Gasteiger partial charge >= 0.3 is 6.18 Å². The molecular weight excluding hydrogens is 653 g/mol. The van der Waals surface area contributed by atoms with E-state index in [1.807, 2.05) is 4.72 Å². The summed E-state index contributed by atoms with van der Waals surface area (Å²) in [6.07, 6.45) is -4.63. The van der Waals surface area contributed by atoms with E-state index in [-0.39, 0.29) is 29.0 Å². The highest BCUT2D eigenvalue weighted by atomic mass is 35.5. The largest absolute Gasteiger partial charge is 0.452 e. The first-order valence-corrected chi connectivity index (χ1v) is 16.1. The molecule has 0 spiro atoms. The number of benzene rings is 2. The van der Waals surface area contributed by atoms with Crippen LogP contribution in [-0.4, -0.2) is 73.6 Å². The molecule has 4 amide bonds. The zero-order valence-corrected chi connectivity index (χ0v) is 26.9. The van der Waals surface area contributed by atoms with Gasteiger partial charge in [-0.1, -0.05) is 39.3 Å². The Morgan fingerprint density at radius 3 is 1.85 bits per heavy atom. The first-order valence-electron chi connectivity index (χ1n) is 14.3. The molecule has 1 fully saturated rings. The van der Waals surface area contributed by atoms with Crippen LogP contribution in [0.5, 0.6) is 0 Å². The van der Waals surface area contributed by atoms with Gasteiger partial charge < -0.3 is 15.5 Å². The first kappa shape index (κ1) is 36.5. The van der Waals surface area contributed by atoms with Gasteiger partial charge in [-0.15, -0.1) is 0 Å². The second kappa shape index (κ2) is 14.6. The Bertz CT molecular complexity index is 1580. The molecule has 0 radical (unpaired) electrons. The van der Waals surface area contributed by atoms with Crippen LogP contribution in [0.2, 0.25) is 5.02 Å². The van der Waals surface area contributed by atoms with E-state index in [2.05, 4.69) is 10.6 Å². The maximum atomic E-state index is 13.6. The number of likely N-dealkylation sites (tertiary alicyclic amines) is 1. The summed E-state index contributed by atoms with van der Waals surface area (Å²) in [6.45, 7) is 6.13. The van der Waals surface area contributed by atoms with Crippen molar-refractivity contribution in [2.75, 3.05) is 6.54 Å². The Morgan fingerprint density at radius 2 is 1.35 bits per heavy atom. The van der Waals surface area contributed by atoms with E-state index >= 15 is 0 Å². The summed E-state index contributed by atoms with van der Waals surface area (Å²) in [4.78, 5) is 65.2. The number of amides is 4. The van der Waals surface area contributed by atoms with Gasteiger partial charge in [0.15, 0.2) is 0 Å². The molecule has 16 heteroatoms. The van der Waals surface area contributed by atoms with E-state index in [4.69, 9.17) is 11.6 Å². The predicted octanol–water partition coefficient (Wildman–Crippen LogP) is 3.48. The van der Waals surface area contributed by atoms with Gasteiger partial charge in [0.25, 0.3) is 27.6 Å². The maximum Gasteiger partial charge on any atom is 0.452 e. The molecule has 2 aromatic carbocycles. The maximum absolute atomic E-state index is 13.6. The molecule has 250 valence electrons. The fraction of sp³-hybridized carbons (Fsp3) is 0.433.